The summed E-state index contributed by atoms with van der Waals surface area (Å²) in [6.45, 7) is 4.11. The molecule has 0 amide bonds. The Bertz CT molecular complexity index is 837. The van der Waals surface area contributed by atoms with Crippen LogP contribution in [0.15, 0.2) is 16.0 Å². The molecule has 1 N–H and O–H groups in total. The second kappa shape index (κ2) is 6.57. The van der Waals surface area contributed by atoms with E-state index in [1.165, 1.54) is 33.7 Å². The molecule has 0 saturated carbocycles. The molecule has 0 aliphatic heterocycles. The average molecular weight is 336 g/mol. The summed E-state index contributed by atoms with van der Waals surface area (Å²) in [6, 6.07) is 1.53. The van der Waals surface area contributed by atoms with Gasteiger partial charge in [0.15, 0.2) is 0 Å². The SMILES string of the molecule is CCCc1nn2c(=O)cc(CSc3n[nH]c(CC)n3)nc2s1. The number of aromatic nitrogens is 6. The molecule has 0 unspecified atom stereocenters. The molecule has 7 nitrogen and oxygen atoms in total. The summed E-state index contributed by atoms with van der Waals surface area (Å²) < 4.78 is 1.38. The van der Waals surface area contributed by atoms with Gasteiger partial charge in [-0.2, -0.15) is 9.61 Å². The van der Waals surface area contributed by atoms with Crippen LogP contribution in [0.1, 0.15) is 36.8 Å². The second-order valence-corrected chi connectivity index (χ2v) is 6.72. The number of aromatic amines is 1. The van der Waals surface area contributed by atoms with Gasteiger partial charge in [-0.05, 0) is 6.42 Å². The Hall–Kier alpha value is -1.74. The summed E-state index contributed by atoms with van der Waals surface area (Å²) in [6.07, 6.45) is 2.69. The Balaban J connectivity index is 1.80. The highest BCUT2D eigenvalue weighted by molar-refractivity contribution is 7.98. The van der Waals surface area contributed by atoms with E-state index >= 15 is 0 Å². The van der Waals surface area contributed by atoms with E-state index in [0.717, 1.165) is 35.8 Å². The monoisotopic (exact) mass is 336 g/mol. The lowest BCUT2D eigenvalue weighted by atomic mass is 10.4. The quantitative estimate of drug-likeness (QED) is 0.693. The van der Waals surface area contributed by atoms with Crippen LogP contribution in [0.2, 0.25) is 0 Å². The molecule has 0 saturated heterocycles. The Morgan fingerprint density at radius 3 is 2.95 bits per heavy atom. The van der Waals surface area contributed by atoms with E-state index in [0.29, 0.717) is 15.9 Å². The zero-order chi connectivity index (χ0) is 15.5. The molecular formula is C13H16N6OS2. The normalized spacial score (nSPS) is 11.4. The molecule has 0 aromatic carbocycles. The molecule has 0 radical (unpaired) electrons. The van der Waals surface area contributed by atoms with E-state index in [9.17, 15) is 4.79 Å². The molecule has 0 fully saturated rings. The maximum Gasteiger partial charge on any atom is 0.275 e. The summed E-state index contributed by atoms with van der Waals surface area (Å²) in [7, 11) is 0. The molecule has 3 rings (SSSR count). The number of H-pyrrole nitrogens is 1. The van der Waals surface area contributed by atoms with E-state index in [1.807, 2.05) is 6.92 Å². The van der Waals surface area contributed by atoms with Crippen molar-refractivity contribution in [1.29, 1.82) is 0 Å². The van der Waals surface area contributed by atoms with Gasteiger partial charge in [-0.15, -0.1) is 5.10 Å². The molecule has 0 bridgehead atoms. The summed E-state index contributed by atoms with van der Waals surface area (Å²) in [4.78, 5) is 21.6. The molecule has 3 aromatic rings. The van der Waals surface area contributed by atoms with E-state index in [4.69, 9.17) is 0 Å². The Morgan fingerprint density at radius 2 is 2.23 bits per heavy atom. The fraction of sp³-hybridized carbons (Fsp3) is 0.462. The molecule has 22 heavy (non-hydrogen) atoms. The molecule has 116 valence electrons. The predicted octanol–water partition coefficient (Wildman–Crippen LogP) is 2.08. The van der Waals surface area contributed by atoms with E-state index in [2.05, 4.69) is 32.2 Å². The van der Waals surface area contributed by atoms with Crippen molar-refractivity contribution in [2.24, 2.45) is 0 Å². The predicted molar refractivity (Wildman–Crippen MR) is 86.5 cm³/mol. The van der Waals surface area contributed by atoms with E-state index < -0.39 is 0 Å². The van der Waals surface area contributed by atoms with Crippen LogP contribution in [-0.2, 0) is 18.6 Å². The van der Waals surface area contributed by atoms with Crippen LogP contribution in [0.5, 0.6) is 0 Å². The van der Waals surface area contributed by atoms with Crippen molar-refractivity contribution < 1.29 is 0 Å². The molecule has 0 spiro atoms. The van der Waals surface area contributed by atoms with Gasteiger partial charge in [-0.1, -0.05) is 36.9 Å². The number of hydrogen-bond donors (Lipinski definition) is 1. The van der Waals surface area contributed by atoms with Gasteiger partial charge in [0.25, 0.3) is 5.56 Å². The Labute approximate surface area is 135 Å². The molecule has 3 heterocycles. The molecule has 9 heteroatoms. The number of hydrogen-bond acceptors (Lipinski definition) is 7. The van der Waals surface area contributed by atoms with E-state index in [1.54, 1.807) is 0 Å². The Morgan fingerprint density at radius 1 is 1.36 bits per heavy atom. The van der Waals surface area contributed by atoms with Gasteiger partial charge < -0.3 is 0 Å². The highest BCUT2D eigenvalue weighted by Gasteiger charge is 2.10. The largest absolute Gasteiger partial charge is 0.275 e. The highest BCUT2D eigenvalue weighted by Crippen LogP contribution is 2.19. The zero-order valence-electron chi connectivity index (χ0n) is 12.4. The summed E-state index contributed by atoms with van der Waals surface area (Å²) >= 11 is 2.94. The number of rotatable bonds is 6. The fourth-order valence-corrected chi connectivity index (χ4v) is 3.65. The van der Waals surface area contributed by atoms with Crippen molar-refractivity contribution in [3.63, 3.8) is 0 Å². The third-order valence-corrected chi connectivity index (χ3v) is 4.85. The van der Waals surface area contributed by atoms with Crippen LogP contribution >= 0.6 is 23.1 Å². The van der Waals surface area contributed by atoms with Crippen molar-refractivity contribution in [2.45, 2.75) is 44.0 Å². The van der Waals surface area contributed by atoms with Crippen molar-refractivity contribution in [1.82, 2.24) is 29.8 Å². The minimum Gasteiger partial charge on any atom is -0.267 e. The minimum atomic E-state index is -0.136. The first-order valence-corrected chi connectivity index (χ1v) is 8.92. The van der Waals surface area contributed by atoms with Gasteiger partial charge in [-0.3, -0.25) is 9.89 Å². The smallest absolute Gasteiger partial charge is 0.267 e. The fourth-order valence-electron chi connectivity index (χ4n) is 1.92. The van der Waals surface area contributed by atoms with Gasteiger partial charge in [-0.25, -0.2) is 9.97 Å². The molecule has 0 aliphatic rings. The zero-order valence-corrected chi connectivity index (χ0v) is 14.0. The maximum atomic E-state index is 12.1. The van der Waals surface area contributed by atoms with Crippen molar-refractivity contribution in [2.75, 3.05) is 0 Å². The number of thioether (sulfide) groups is 1. The van der Waals surface area contributed by atoms with Gasteiger partial charge in [0.1, 0.15) is 10.8 Å². The topological polar surface area (TPSA) is 88.8 Å². The van der Waals surface area contributed by atoms with Crippen molar-refractivity contribution in [3.05, 3.63) is 32.9 Å². The van der Waals surface area contributed by atoms with Crippen LogP contribution in [0, 0.1) is 0 Å². The minimum absolute atomic E-state index is 0.136. The third kappa shape index (κ3) is 3.20. The first kappa shape index (κ1) is 15.2. The first-order chi connectivity index (χ1) is 10.7. The van der Waals surface area contributed by atoms with Gasteiger partial charge in [0.2, 0.25) is 10.1 Å². The van der Waals surface area contributed by atoms with E-state index in [-0.39, 0.29) is 5.56 Å². The molecule has 3 aromatic heterocycles. The van der Waals surface area contributed by atoms with Gasteiger partial charge >= 0.3 is 0 Å². The van der Waals surface area contributed by atoms with Crippen LogP contribution in [0.25, 0.3) is 4.96 Å². The van der Waals surface area contributed by atoms with Crippen molar-refractivity contribution >= 4 is 28.1 Å². The number of aryl methyl sites for hydroxylation is 2. The molecular weight excluding hydrogens is 320 g/mol. The summed E-state index contributed by atoms with van der Waals surface area (Å²) in [5.41, 5.74) is 0.591. The van der Waals surface area contributed by atoms with Crippen LogP contribution in [0.3, 0.4) is 0 Å². The average Bonchev–Trinajstić information content (AvgIpc) is 3.12. The number of fused-ring (bicyclic) bond motifs is 1. The van der Waals surface area contributed by atoms with Crippen LogP contribution in [0.4, 0.5) is 0 Å². The summed E-state index contributed by atoms with van der Waals surface area (Å²) in [5.74, 6) is 1.42. The lowest BCUT2D eigenvalue weighted by molar-refractivity contribution is 0.818. The maximum absolute atomic E-state index is 12.1. The number of nitrogens with one attached hydrogen (secondary N) is 1. The molecule has 0 atom stereocenters. The third-order valence-electron chi connectivity index (χ3n) is 3.00. The van der Waals surface area contributed by atoms with Gasteiger partial charge in [0.05, 0.1) is 5.69 Å². The lowest BCUT2D eigenvalue weighted by Gasteiger charge is -1.97. The molecule has 0 aliphatic carbocycles. The van der Waals surface area contributed by atoms with Crippen LogP contribution < -0.4 is 5.56 Å². The van der Waals surface area contributed by atoms with Crippen LogP contribution in [-0.4, -0.2) is 29.8 Å². The second-order valence-electron chi connectivity index (χ2n) is 4.73. The van der Waals surface area contributed by atoms with Gasteiger partial charge in [0, 0.05) is 24.7 Å². The lowest BCUT2D eigenvalue weighted by Crippen LogP contribution is -2.15. The van der Waals surface area contributed by atoms with Crippen molar-refractivity contribution in [3.8, 4) is 0 Å². The highest BCUT2D eigenvalue weighted by atomic mass is 32.2. The number of nitrogens with zero attached hydrogens (tertiary/aromatic N) is 5. The first-order valence-electron chi connectivity index (χ1n) is 7.12. The Kier molecular flexibility index (Phi) is 4.53. The summed E-state index contributed by atoms with van der Waals surface area (Å²) in [5, 5.41) is 12.9. The standard InChI is InChI=1S/C13H16N6OS2/c1-3-5-10-18-19-11(20)6-8(14-13(19)22-10)7-21-12-15-9(4-2)16-17-12/h6H,3-5,7H2,1-2H3,(H,15,16,17).